The van der Waals surface area contributed by atoms with Crippen molar-refractivity contribution < 1.29 is 14.7 Å². The van der Waals surface area contributed by atoms with Gasteiger partial charge in [-0.25, -0.2) is 9.78 Å². The number of nitrogens with zero attached hydrogens (tertiary/aromatic N) is 2. The molecule has 0 unspecified atom stereocenters. The van der Waals surface area contributed by atoms with Gasteiger partial charge in [-0.05, 0) is 33.1 Å². The van der Waals surface area contributed by atoms with Crippen LogP contribution in [-0.2, 0) is 0 Å². The molecule has 0 aliphatic carbocycles. The number of rotatable bonds is 2. The van der Waals surface area contributed by atoms with Crippen LogP contribution in [0.4, 0.5) is 0 Å². The SMILES string of the molecule is C[C@@H]1CCC[C@H](C)N1C(=O)c1nc(C(=O)O)cs1. The van der Waals surface area contributed by atoms with E-state index in [-0.39, 0.29) is 28.7 Å². The Kier molecular flexibility index (Phi) is 3.65. The van der Waals surface area contributed by atoms with Crippen LogP contribution in [-0.4, -0.2) is 39.0 Å². The molecule has 6 heteroatoms. The number of aromatic nitrogens is 1. The molecule has 1 amide bonds. The van der Waals surface area contributed by atoms with Crippen LogP contribution >= 0.6 is 11.3 Å². The van der Waals surface area contributed by atoms with E-state index in [9.17, 15) is 9.59 Å². The second-order valence-electron chi connectivity index (χ2n) is 4.68. The number of hydrogen-bond donors (Lipinski definition) is 1. The van der Waals surface area contributed by atoms with E-state index < -0.39 is 5.97 Å². The molecule has 2 heterocycles. The van der Waals surface area contributed by atoms with Gasteiger partial charge in [0.2, 0.25) is 0 Å². The highest BCUT2D eigenvalue weighted by Crippen LogP contribution is 2.25. The van der Waals surface area contributed by atoms with Crippen molar-refractivity contribution in [2.24, 2.45) is 0 Å². The van der Waals surface area contributed by atoms with E-state index in [4.69, 9.17) is 5.11 Å². The van der Waals surface area contributed by atoms with Crippen LogP contribution in [0.5, 0.6) is 0 Å². The number of piperidine rings is 1. The van der Waals surface area contributed by atoms with Crippen LogP contribution in [0, 0.1) is 0 Å². The zero-order chi connectivity index (χ0) is 13.3. The third-order valence-electron chi connectivity index (χ3n) is 3.33. The Morgan fingerprint density at radius 1 is 1.39 bits per heavy atom. The number of amides is 1. The van der Waals surface area contributed by atoms with Crippen LogP contribution in [0.15, 0.2) is 5.38 Å². The van der Waals surface area contributed by atoms with Gasteiger partial charge in [-0.2, -0.15) is 0 Å². The number of carbonyl (C=O) groups is 2. The number of carbonyl (C=O) groups excluding carboxylic acids is 1. The molecule has 2 atom stereocenters. The molecule has 1 aromatic heterocycles. The summed E-state index contributed by atoms with van der Waals surface area (Å²) in [6.45, 7) is 4.05. The van der Waals surface area contributed by atoms with Gasteiger partial charge < -0.3 is 10.0 Å². The molecule has 1 saturated heterocycles. The Bertz CT molecular complexity index is 462. The second-order valence-corrected chi connectivity index (χ2v) is 5.54. The maximum atomic E-state index is 12.3. The highest BCUT2D eigenvalue weighted by atomic mass is 32.1. The fourth-order valence-corrected chi connectivity index (χ4v) is 3.14. The second kappa shape index (κ2) is 5.06. The number of hydrogen-bond acceptors (Lipinski definition) is 4. The van der Waals surface area contributed by atoms with Crippen molar-refractivity contribution in [3.05, 3.63) is 16.1 Å². The quantitative estimate of drug-likeness (QED) is 0.893. The van der Waals surface area contributed by atoms with Crippen molar-refractivity contribution >= 4 is 23.2 Å². The first kappa shape index (κ1) is 13.0. The largest absolute Gasteiger partial charge is 0.476 e. The predicted octanol–water partition coefficient (Wildman–Crippen LogP) is 2.24. The Hall–Kier alpha value is -1.43. The van der Waals surface area contributed by atoms with E-state index in [1.54, 1.807) is 0 Å². The topological polar surface area (TPSA) is 70.5 Å². The maximum absolute atomic E-state index is 12.3. The van der Waals surface area contributed by atoms with Crippen molar-refractivity contribution in [1.82, 2.24) is 9.88 Å². The van der Waals surface area contributed by atoms with Crippen LogP contribution in [0.3, 0.4) is 0 Å². The van der Waals surface area contributed by atoms with Crippen LogP contribution in [0.2, 0.25) is 0 Å². The van der Waals surface area contributed by atoms with Crippen molar-refractivity contribution in [3.63, 3.8) is 0 Å². The molecular weight excluding hydrogens is 252 g/mol. The average molecular weight is 268 g/mol. The molecule has 1 N–H and O–H groups in total. The summed E-state index contributed by atoms with van der Waals surface area (Å²) in [4.78, 5) is 28.8. The van der Waals surface area contributed by atoms with E-state index in [0.717, 1.165) is 30.6 Å². The third kappa shape index (κ3) is 2.38. The lowest BCUT2D eigenvalue weighted by Gasteiger charge is -2.38. The van der Waals surface area contributed by atoms with Crippen LogP contribution in [0.1, 0.15) is 53.4 Å². The van der Waals surface area contributed by atoms with Gasteiger partial charge in [0.25, 0.3) is 5.91 Å². The average Bonchev–Trinajstić information content (AvgIpc) is 2.77. The zero-order valence-corrected chi connectivity index (χ0v) is 11.2. The monoisotopic (exact) mass is 268 g/mol. The predicted molar refractivity (Wildman–Crippen MR) is 68.0 cm³/mol. The normalized spacial score (nSPS) is 24.0. The molecule has 1 aliphatic heterocycles. The molecule has 0 aromatic carbocycles. The first-order valence-electron chi connectivity index (χ1n) is 6.02. The summed E-state index contributed by atoms with van der Waals surface area (Å²) in [5, 5.41) is 10.5. The van der Waals surface area contributed by atoms with Gasteiger partial charge in [0.1, 0.15) is 0 Å². The number of aromatic carboxylic acids is 1. The van der Waals surface area contributed by atoms with E-state index in [1.165, 1.54) is 5.38 Å². The first-order valence-corrected chi connectivity index (χ1v) is 6.90. The minimum Gasteiger partial charge on any atom is -0.476 e. The summed E-state index contributed by atoms with van der Waals surface area (Å²) < 4.78 is 0. The molecule has 98 valence electrons. The molecule has 18 heavy (non-hydrogen) atoms. The zero-order valence-electron chi connectivity index (χ0n) is 10.4. The molecule has 1 aliphatic rings. The van der Waals surface area contributed by atoms with Crippen molar-refractivity contribution in [1.29, 1.82) is 0 Å². The van der Waals surface area contributed by atoms with E-state index in [1.807, 2.05) is 18.7 Å². The summed E-state index contributed by atoms with van der Waals surface area (Å²) in [6.07, 6.45) is 3.12. The third-order valence-corrected chi connectivity index (χ3v) is 4.16. The van der Waals surface area contributed by atoms with E-state index in [0.29, 0.717) is 0 Å². The van der Waals surface area contributed by atoms with E-state index >= 15 is 0 Å². The van der Waals surface area contributed by atoms with Gasteiger partial charge in [-0.3, -0.25) is 4.79 Å². The fraction of sp³-hybridized carbons (Fsp3) is 0.583. The molecule has 0 spiro atoms. The lowest BCUT2D eigenvalue weighted by atomic mass is 9.97. The standard InChI is InChI=1S/C12H16N2O3S/c1-7-4-3-5-8(2)14(7)11(15)10-13-9(6-18-10)12(16)17/h6-8H,3-5H2,1-2H3,(H,16,17)/t7-,8+. The number of thiazole rings is 1. The van der Waals surface area contributed by atoms with Gasteiger partial charge in [0.05, 0.1) is 0 Å². The van der Waals surface area contributed by atoms with Crippen molar-refractivity contribution in [2.75, 3.05) is 0 Å². The molecular formula is C12H16N2O3S. The highest BCUT2D eigenvalue weighted by Gasteiger charge is 2.31. The summed E-state index contributed by atoms with van der Waals surface area (Å²) in [5.41, 5.74) is -0.0549. The van der Waals surface area contributed by atoms with Crippen molar-refractivity contribution in [3.8, 4) is 0 Å². The maximum Gasteiger partial charge on any atom is 0.355 e. The Labute approximate surface area is 109 Å². The first-order chi connectivity index (χ1) is 8.50. The van der Waals surface area contributed by atoms with Gasteiger partial charge >= 0.3 is 5.97 Å². The van der Waals surface area contributed by atoms with E-state index in [2.05, 4.69) is 4.98 Å². The minimum atomic E-state index is -1.09. The highest BCUT2D eigenvalue weighted by molar-refractivity contribution is 7.11. The van der Waals surface area contributed by atoms with Crippen LogP contribution in [0.25, 0.3) is 0 Å². The number of carboxylic acid groups (broad SMARTS) is 1. The fourth-order valence-electron chi connectivity index (χ4n) is 2.40. The Balaban J connectivity index is 2.21. The molecule has 1 fully saturated rings. The lowest BCUT2D eigenvalue weighted by Crippen LogP contribution is -2.47. The Morgan fingerprint density at radius 3 is 2.50 bits per heavy atom. The summed E-state index contributed by atoms with van der Waals surface area (Å²) in [7, 11) is 0. The summed E-state index contributed by atoms with van der Waals surface area (Å²) >= 11 is 1.10. The number of carboxylic acids is 1. The molecule has 5 nitrogen and oxygen atoms in total. The Morgan fingerprint density at radius 2 is 2.00 bits per heavy atom. The lowest BCUT2D eigenvalue weighted by molar-refractivity contribution is 0.0510. The number of likely N-dealkylation sites (tertiary alicyclic amines) is 1. The summed E-state index contributed by atoms with van der Waals surface area (Å²) in [6, 6.07) is 0.386. The molecule has 0 bridgehead atoms. The molecule has 0 radical (unpaired) electrons. The van der Waals surface area contributed by atoms with Gasteiger partial charge in [-0.1, -0.05) is 0 Å². The summed E-state index contributed by atoms with van der Waals surface area (Å²) in [5.74, 6) is -1.24. The molecule has 0 saturated carbocycles. The molecule has 2 rings (SSSR count). The van der Waals surface area contributed by atoms with Gasteiger partial charge in [0, 0.05) is 17.5 Å². The smallest absolute Gasteiger partial charge is 0.355 e. The van der Waals surface area contributed by atoms with Crippen LogP contribution < -0.4 is 0 Å². The van der Waals surface area contributed by atoms with Gasteiger partial charge in [0.15, 0.2) is 10.7 Å². The van der Waals surface area contributed by atoms with Crippen molar-refractivity contribution in [2.45, 2.75) is 45.2 Å². The minimum absolute atomic E-state index is 0.0549. The molecule has 1 aromatic rings. The van der Waals surface area contributed by atoms with Gasteiger partial charge in [-0.15, -0.1) is 11.3 Å².